The van der Waals surface area contributed by atoms with Crippen LogP contribution < -0.4 is 5.32 Å². The van der Waals surface area contributed by atoms with Gasteiger partial charge < -0.3 is 5.32 Å². The molecule has 1 aromatic carbocycles. The summed E-state index contributed by atoms with van der Waals surface area (Å²) in [6.45, 7) is 4.32. The molecular weight excluding hydrogens is 254 g/mol. The Morgan fingerprint density at radius 3 is 2.87 bits per heavy atom. The van der Waals surface area contributed by atoms with Crippen LogP contribution in [0, 0.1) is 5.92 Å². The minimum atomic E-state index is 0.128. The van der Waals surface area contributed by atoms with Crippen molar-refractivity contribution in [3.05, 3.63) is 28.2 Å². The maximum absolute atomic E-state index is 11.5. The lowest BCUT2D eigenvalue weighted by Gasteiger charge is -2.28. The highest BCUT2D eigenvalue weighted by atomic mass is 79.9. The topological polar surface area (TPSA) is 29.1 Å². The number of carbonyl (C=O) groups excluding carboxylic acids is 1. The van der Waals surface area contributed by atoms with E-state index >= 15 is 0 Å². The highest BCUT2D eigenvalue weighted by molar-refractivity contribution is 9.10. The van der Waals surface area contributed by atoms with E-state index in [0.29, 0.717) is 18.3 Å². The van der Waals surface area contributed by atoms with E-state index in [0.717, 1.165) is 10.2 Å². The third kappa shape index (κ3) is 2.07. The molecule has 0 bridgehead atoms. The number of fused-ring (bicyclic) bond motifs is 1. The van der Waals surface area contributed by atoms with Crippen molar-refractivity contribution in [3.63, 3.8) is 0 Å². The summed E-state index contributed by atoms with van der Waals surface area (Å²) < 4.78 is 1.07. The number of carbonyl (C=O) groups is 1. The summed E-state index contributed by atoms with van der Waals surface area (Å²) in [4.78, 5) is 11.5. The van der Waals surface area contributed by atoms with E-state index in [1.807, 2.05) is 12.1 Å². The van der Waals surface area contributed by atoms with Gasteiger partial charge in [-0.1, -0.05) is 29.8 Å². The molecule has 1 aliphatic rings. The molecule has 2 nitrogen and oxygen atoms in total. The minimum Gasteiger partial charge on any atom is -0.326 e. The van der Waals surface area contributed by atoms with Gasteiger partial charge in [-0.3, -0.25) is 4.79 Å². The molecule has 1 amide bonds. The molecule has 1 aliphatic heterocycles. The second-order valence-corrected chi connectivity index (χ2v) is 5.25. The Morgan fingerprint density at radius 1 is 1.47 bits per heavy atom. The zero-order chi connectivity index (χ0) is 11.0. The van der Waals surface area contributed by atoms with Gasteiger partial charge in [0.25, 0.3) is 0 Å². The Bertz CT molecular complexity index is 401. The highest BCUT2D eigenvalue weighted by Gasteiger charge is 2.27. The minimum absolute atomic E-state index is 0.128. The van der Waals surface area contributed by atoms with Crippen LogP contribution in [-0.2, 0) is 4.79 Å². The van der Waals surface area contributed by atoms with Gasteiger partial charge in [-0.25, -0.2) is 0 Å². The van der Waals surface area contributed by atoms with Crippen molar-refractivity contribution >= 4 is 27.5 Å². The summed E-state index contributed by atoms with van der Waals surface area (Å²) in [6.07, 6.45) is 0.598. The summed E-state index contributed by atoms with van der Waals surface area (Å²) in [5.74, 6) is 0.957. The number of nitrogens with one attached hydrogen (secondary N) is 1. The fourth-order valence-corrected chi connectivity index (χ4v) is 2.44. The zero-order valence-electron chi connectivity index (χ0n) is 8.88. The van der Waals surface area contributed by atoms with Crippen LogP contribution in [0.15, 0.2) is 22.7 Å². The second-order valence-electron chi connectivity index (χ2n) is 4.33. The summed E-state index contributed by atoms with van der Waals surface area (Å²) in [5, 5.41) is 2.91. The van der Waals surface area contributed by atoms with Crippen molar-refractivity contribution in [2.45, 2.75) is 26.2 Å². The van der Waals surface area contributed by atoms with Crippen molar-refractivity contribution in [2.24, 2.45) is 5.92 Å². The monoisotopic (exact) mass is 267 g/mol. The van der Waals surface area contributed by atoms with Gasteiger partial charge in [0, 0.05) is 16.6 Å². The fraction of sp³-hybridized carbons (Fsp3) is 0.417. The molecular formula is C12H14BrNO. The van der Waals surface area contributed by atoms with Crippen LogP contribution >= 0.6 is 15.9 Å². The molecule has 80 valence electrons. The van der Waals surface area contributed by atoms with Gasteiger partial charge in [0.05, 0.1) is 0 Å². The van der Waals surface area contributed by atoms with Crippen molar-refractivity contribution in [3.8, 4) is 0 Å². The van der Waals surface area contributed by atoms with Crippen molar-refractivity contribution in [1.29, 1.82) is 0 Å². The van der Waals surface area contributed by atoms with Crippen molar-refractivity contribution < 1.29 is 4.79 Å². The fourth-order valence-electron chi connectivity index (χ4n) is 2.06. The van der Waals surface area contributed by atoms with Gasteiger partial charge in [-0.05, 0) is 35.6 Å². The van der Waals surface area contributed by atoms with Crippen LogP contribution in [-0.4, -0.2) is 5.91 Å². The Morgan fingerprint density at radius 2 is 2.20 bits per heavy atom. The molecule has 1 N–H and O–H groups in total. The Kier molecular flexibility index (Phi) is 2.83. The third-order valence-electron chi connectivity index (χ3n) is 2.90. The molecule has 15 heavy (non-hydrogen) atoms. The van der Waals surface area contributed by atoms with Gasteiger partial charge >= 0.3 is 0 Å². The van der Waals surface area contributed by atoms with Gasteiger partial charge in [0.15, 0.2) is 0 Å². The molecule has 0 aromatic heterocycles. The molecule has 0 aliphatic carbocycles. The number of hydrogen-bond donors (Lipinski definition) is 1. The quantitative estimate of drug-likeness (QED) is 0.829. The lowest BCUT2D eigenvalue weighted by atomic mass is 9.82. The predicted molar refractivity (Wildman–Crippen MR) is 65.0 cm³/mol. The number of benzene rings is 1. The Balaban J connectivity index is 2.47. The van der Waals surface area contributed by atoms with Crippen molar-refractivity contribution in [1.82, 2.24) is 0 Å². The first-order valence-electron chi connectivity index (χ1n) is 5.17. The summed E-state index contributed by atoms with van der Waals surface area (Å²) in [6, 6.07) is 6.03. The molecule has 0 saturated heterocycles. The van der Waals surface area contributed by atoms with Crippen LogP contribution in [0.5, 0.6) is 0 Å². The lowest BCUT2D eigenvalue weighted by Crippen LogP contribution is -2.25. The van der Waals surface area contributed by atoms with Gasteiger partial charge in [-0.2, -0.15) is 0 Å². The molecule has 0 spiro atoms. The largest absolute Gasteiger partial charge is 0.326 e. The standard InChI is InChI=1S/C12H14BrNO/c1-7(2)9-6-12(15)14-11-4-3-8(13)5-10(9)11/h3-5,7,9H,6H2,1-2H3,(H,14,15). The number of rotatable bonds is 1. The molecule has 1 heterocycles. The average molecular weight is 268 g/mol. The molecule has 0 radical (unpaired) electrons. The molecule has 0 fully saturated rings. The van der Waals surface area contributed by atoms with E-state index in [2.05, 4.69) is 41.2 Å². The van der Waals surface area contributed by atoms with E-state index in [1.165, 1.54) is 5.56 Å². The molecule has 1 aromatic rings. The van der Waals surface area contributed by atoms with Gasteiger partial charge in [-0.15, -0.1) is 0 Å². The van der Waals surface area contributed by atoms with Crippen LogP contribution in [0.2, 0.25) is 0 Å². The van der Waals surface area contributed by atoms with Crippen molar-refractivity contribution in [2.75, 3.05) is 5.32 Å². The predicted octanol–water partition coefficient (Wildman–Crippen LogP) is 3.53. The Labute approximate surface area is 98.2 Å². The van der Waals surface area contributed by atoms with E-state index in [1.54, 1.807) is 0 Å². The third-order valence-corrected chi connectivity index (χ3v) is 3.39. The molecule has 1 unspecified atom stereocenters. The van der Waals surface area contributed by atoms with E-state index in [-0.39, 0.29) is 5.91 Å². The number of hydrogen-bond acceptors (Lipinski definition) is 1. The number of anilines is 1. The normalized spacial score (nSPS) is 20.0. The van der Waals surface area contributed by atoms with Crippen LogP contribution in [0.3, 0.4) is 0 Å². The van der Waals surface area contributed by atoms with Crippen LogP contribution in [0.1, 0.15) is 31.7 Å². The highest BCUT2D eigenvalue weighted by Crippen LogP contribution is 2.38. The molecule has 2 rings (SSSR count). The van der Waals surface area contributed by atoms with E-state index in [9.17, 15) is 4.79 Å². The molecule has 3 heteroatoms. The number of amides is 1. The van der Waals surface area contributed by atoms with Crippen LogP contribution in [0.4, 0.5) is 5.69 Å². The first kappa shape index (κ1) is 10.7. The smallest absolute Gasteiger partial charge is 0.225 e. The SMILES string of the molecule is CC(C)C1CC(=O)Nc2ccc(Br)cc21. The first-order chi connectivity index (χ1) is 7.08. The number of halogens is 1. The Hall–Kier alpha value is -0.830. The average Bonchev–Trinajstić information content (AvgIpc) is 2.17. The summed E-state index contributed by atoms with van der Waals surface area (Å²) in [5.41, 5.74) is 2.21. The zero-order valence-corrected chi connectivity index (χ0v) is 10.5. The lowest BCUT2D eigenvalue weighted by molar-refractivity contribution is -0.117. The maximum Gasteiger partial charge on any atom is 0.225 e. The van der Waals surface area contributed by atoms with Gasteiger partial charge in [0.2, 0.25) is 5.91 Å². The summed E-state index contributed by atoms with van der Waals surface area (Å²) in [7, 11) is 0. The maximum atomic E-state index is 11.5. The van der Waals surface area contributed by atoms with Crippen LogP contribution in [0.25, 0.3) is 0 Å². The molecule has 1 atom stereocenters. The summed E-state index contributed by atoms with van der Waals surface area (Å²) >= 11 is 3.47. The van der Waals surface area contributed by atoms with E-state index in [4.69, 9.17) is 0 Å². The second kappa shape index (κ2) is 3.97. The molecule has 0 saturated carbocycles. The van der Waals surface area contributed by atoms with E-state index < -0.39 is 0 Å². The van der Waals surface area contributed by atoms with Gasteiger partial charge in [0.1, 0.15) is 0 Å². The first-order valence-corrected chi connectivity index (χ1v) is 5.96.